The molecule has 1 fully saturated rings. The zero-order valence-electron chi connectivity index (χ0n) is 14.2. The number of aromatic nitrogens is 2. The number of halogens is 2. The average Bonchev–Trinajstić information content (AvgIpc) is 3.04. The van der Waals surface area contributed by atoms with Crippen molar-refractivity contribution in [2.45, 2.75) is 6.10 Å². The van der Waals surface area contributed by atoms with Crippen molar-refractivity contribution in [3.8, 4) is 0 Å². The average molecular weight is 350 g/mol. The van der Waals surface area contributed by atoms with E-state index in [0.717, 1.165) is 12.1 Å². The minimum absolute atomic E-state index is 0.158. The molecule has 1 amide bonds. The first-order valence-corrected chi connectivity index (χ1v) is 7.99. The standard InChI is InChI=1S/C17H20F2N4O2/c1-21-11-12(10-20-21)16(25-2)17(24)23-7-5-22(6-8-23)15-9-13(18)3-4-14(15)19/h3-4,9-11,16H,5-8H2,1-2H3. The van der Waals surface area contributed by atoms with E-state index in [1.807, 2.05) is 0 Å². The Kier molecular flexibility index (Phi) is 4.98. The number of rotatable bonds is 4. The third-order valence-electron chi connectivity index (χ3n) is 4.33. The second-order valence-electron chi connectivity index (χ2n) is 5.97. The van der Waals surface area contributed by atoms with Gasteiger partial charge in [-0.25, -0.2) is 8.78 Å². The van der Waals surface area contributed by atoms with Crippen LogP contribution in [0.5, 0.6) is 0 Å². The molecule has 0 radical (unpaired) electrons. The zero-order valence-corrected chi connectivity index (χ0v) is 14.2. The number of piperazine rings is 1. The molecular weight excluding hydrogens is 330 g/mol. The summed E-state index contributed by atoms with van der Waals surface area (Å²) in [6.45, 7) is 1.68. The molecule has 1 unspecified atom stereocenters. The summed E-state index contributed by atoms with van der Waals surface area (Å²) in [5, 5.41) is 4.06. The number of carbonyl (C=O) groups excluding carboxylic acids is 1. The largest absolute Gasteiger partial charge is 0.367 e. The van der Waals surface area contributed by atoms with Crippen LogP contribution in [0.2, 0.25) is 0 Å². The van der Waals surface area contributed by atoms with Crippen molar-refractivity contribution in [2.75, 3.05) is 38.2 Å². The highest BCUT2D eigenvalue weighted by Crippen LogP contribution is 2.24. The number of benzene rings is 1. The molecule has 2 heterocycles. The topological polar surface area (TPSA) is 50.6 Å². The number of carbonyl (C=O) groups is 1. The molecule has 0 aliphatic carbocycles. The van der Waals surface area contributed by atoms with Gasteiger partial charge < -0.3 is 14.5 Å². The lowest BCUT2D eigenvalue weighted by molar-refractivity contribution is -0.142. The van der Waals surface area contributed by atoms with Crippen LogP contribution in [0, 0.1) is 11.6 Å². The minimum Gasteiger partial charge on any atom is -0.367 e. The Labute approximate surface area is 144 Å². The van der Waals surface area contributed by atoms with Crippen LogP contribution in [-0.2, 0) is 16.6 Å². The fourth-order valence-electron chi connectivity index (χ4n) is 3.02. The molecule has 1 atom stereocenters. The Balaban J connectivity index is 1.67. The van der Waals surface area contributed by atoms with Crippen molar-refractivity contribution in [2.24, 2.45) is 7.05 Å². The first kappa shape index (κ1) is 17.3. The van der Waals surface area contributed by atoms with Gasteiger partial charge in [0.25, 0.3) is 5.91 Å². The number of methoxy groups -OCH3 is 1. The van der Waals surface area contributed by atoms with Crippen molar-refractivity contribution in [1.29, 1.82) is 0 Å². The number of hydrogen-bond acceptors (Lipinski definition) is 4. The van der Waals surface area contributed by atoms with E-state index in [1.54, 1.807) is 33.9 Å². The predicted molar refractivity (Wildman–Crippen MR) is 88.1 cm³/mol. The van der Waals surface area contributed by atoms with Crippen molar-refractivity contribution in [1.82, 2.24) is 14.7 Å². The number of anilines is 1. The quantitative estimate of drug-likeness (QED) is 0.843. The third kappa shape index (κ3) is 3.63. The molecule has 1 aromatic carbocycles. The molecular formula is C17H20F2N4O2. The molecule has 8 heteroatoms. The smallest absolute Gasteiger partial charge is 0.256 e. The SMILES string of the molecule is COC(C(=O)N1CCN(c2cc(F)ccc2F)CC1)c1cnn(C)c1. The summed E-state index contributed by atoms with van der Waals surface area (Å²) >= 11 is 0. The molecule has 3 rings (SSSR count). The van der Waals surface area contributed by atoms with Gasteiger partial charge in [-0.05, 0) is 12.1 Å². The van der Waals surface area contributed by atoms with Crippen molar-refractivity contribution in [3.63, 3.8) is 0 Å². The molecule has 134 valence electrons. The number of hydrogen-bond donors (Lipinski definition) is 0. The van der Waals surface area contributed by atoms with Crippen LogP contribution in [-0.4, -0.2) is 53.9 Å². The second kappa shape index (κ2) is 7.18. The number of ether oxygens (including phenoxy) is 1. The molecule has 6 nitrogen and oxygen atoms in total. The van der Waals surface area contributed by atoms with E-state index in [0.29, 0.717) is 31.7 Å². The van der Waals surface area contributed by atoms with E-state index in [9.17, 15) is 13.6 Å². The van der Waals surface area contributed by atoms with Gasteiger partial charge in [0.2, 0.25) is 0 Å². The number of aryl methyl sites for hydroxylation is 1. The molecule has 1 aromatic heterocycles. The Morgan fingerprint density at radius 1 is 1.24 bits per heavy atom. The maximum absolute atomic E-state index is 13.9. The van der Waals surface area contributed by atoms with Crippen LogP contribution < -0.4 is 4.90 Å². The number of nitrogens with zero attached hydrogens (tertiary/aromatic N) is 4. The van der Waals surface area contributed by atoms with Gasteiger partial charge in [-0.1, -0.05) is 0 Å². The highest BCUT2D eigenvalue weighted by atomic mass is 19.1. The molecule has 0 N–H and O–H groups in total. The van der Waals surface area contributed by atoms with Gasteiger partial charge in [0.05, 0.1) is 11.9 Å². The molecule has 25 heavy (non-hydrogen) atoms. The Morgan fingerprint density at radius 2 is 1.96 bits per heavy atom. The molecule has 0 saturated carbocycles. The maximum Gasteiger partial charge on any atom is 0.256 e. The van der Waals surface area contributed by atoms with E-state index < -0.39 is 17.7 Å². The van der Waals surface area contributed by atoms with Crippen LogP contribution in [0.3, 0.4) is 0 Å². The zero-order chi connectivity index (χ0) is 18.0. The molecule has 1 aliphatic rings. The predicted octanol–water partition coefficient (Wildman–Crippen LogP) is 1.73. The van der Waals surface area contributed by atoms with Gasteiger partial charge in [0.15, 0.2) is 6.10 Å². The lowest BCUT2D eigenvalue weighted by Crippen LogP contribution is -2.50. The fraction of sp³-hybridized carbons (Fsp3) is 0.412. The Morgan fingerprint density at radius 3 is 2.56 bits per heavy atom. The number of amides is 1. The van der Waals surface area contributed by atoms with Crippen molar-refractivity contribution < 1.29 is 18.3 Å². The molecule has 2 aromatic rings. The summed E-state index contributed by atoms with van der Waals surface area (Å²) in [6.07, 6.45) is 2.63. The van der Waals surface area contributed by atoms with Gasteiger partial charge >= 0.3 is 0 Å². The molecule has 0 bridgehead atoms. The van der Waals surface area contributed by atoms with E-state index in [1.165, 1.54) is 13.2 Å². The Bertz CT molecular complexity index is 757. The summed E-state index contributed by atoms with van der Waals surface area (Å²) in [5.74, 6) is -1.10. The highest BCUT2D eigenvalue weighted by molar-refractivity contribution is 5.82. The molecule has 0 spiro atoms. The molecule has 1 saturated heterocycles. The van der Waals surface area contributed by atoms with E-state index in [2.05, 4.69) is 5.10 Å². The van der Waals surface area contributed by atoms with Gasteiger partial charge in [-0.3, -0.25) is 9.48 Å². The van der Waals surface area contributed by atoms with E-state index >= 15 is 0 Å². The monoisotopic (exact) mass is 350 g/mol. The Hall–Kier alpha value is -2.48. The van der Waals surface area contributed by atoms with Crippen LogP contribution in [0.1, 0.15) is 11.7 Å². The first-order chi connectivity index (χ1) is 12.0. The highest BCUT2D eigenvalue weighted by Gasteiger charge is 2.30. The van der Waals surface area contributed by atoms with Gasteiger partial charge in [0.1, 0.15) is 11.6 Å². The third-order valence-corrected chi connectivity index (χ3v) is 4.33. The fourth-order valence-corrected chi connectivity index (χ4v) is 3.02. The van der Waals surface area contributed by atoms with E-state index in [-0.39, 0.29) is 11.6 Å². The van der Waals surface area contributed by atoms with Crippen LogP contribution in [0.25, 0.3) is 0 Å². The summed E-state index contributed by atoms with van der Waals surface area (Å²) in [7, 11) is 3.25. The maximum atomic E-state index is 13.9. The van der Waals surface area contributed by atoms with Crippen LogP contribution in [0.15, 0.2) is 30.6 Å². The van der Waals surface area contributed by atoms with Gasteiger partial charge in [-0.2, -0.15) is 5.10 Å². The van der Waals surface area contributed by atoms with Crippen molar-refractivity contribution in [3.05, 3.63) is 47.8 Å². The lowest BCUT2D eigenvalue weighted by Gasteiger charge is -2.37. The summed E-state index contributed by atoms with van der Waals surface area (Å²) in [6, 6.07) is 3.39. The first-order valence-electron chi connectivity index (χ1n) is 7.99. The van der Waals surface area contributed by atoms with Crippen LogP contribution in [0.4, 0.5) is 14.5 Å². The normalized spacial score (nSPS) is 16.2. The summed E-state index contributed by atoms with van der Waals surface area (Å²) in [5.41, 5.74) is 0.913. The minimum atomic E-state index is -0.717. The summed E-state index contributed by atoms with van der Waals surface area (Å²) < 4.78 is 34.2. The van der Waals surface area contributed by atoms with Crippen molar-refractivity contribution >= 4 is 11.6 Å². The summed E-state index contributed by atoms with van der Waals surface area (Å²) in [4.78, 5) is 16.1. The molecule has 1 aliphatic heterocycles. The van der Waals surface area contributed by atoms with Crippen LogP contribution >= 0.6 is 0 Å². The lowest BCUT2D eigenvalue weighted by atomic mass is 10.1. The van der Waals surface area contributed by atoms with Gasteiger partial charge in [0, 0.05) is 58.2 Å². The van der Waals surface area contributed by atoms with E-state index in [4.69, 9.17) is 4.74 Å². The second-order valence-corrected chi connectivity index (χ2v) is 5.97. The van der Waals surface area contributed by atoms with Gasteiger partial charge in [-0.15, -0.1) is 0 Å².